The van der Waals surface area contributed by atoms with Crippen molar-refractivity contribution in [2.45, 2.75) is 74.9 Å². The number of benzene rings is 1. The first-order valence-corrected chi connectivity index (χ1v) is 11.9. The summed E-state index contributed by atoms with van der Waals surface area (Å²) in [6.07, 6.45) is 8.91. The first-order chi connectivity index (χ1) is 14.1. The van der Waals surface area contributed by atoms with Gasteiger partial charge in [0.15, 0.2) is 0 Å². The average molecular weight is 394 g/mol. The lowest BCUT2D eigenvalue weighted by molar-refractivity contribution is -0.126. The number of piperazine rings is 1. The minimum atomic E-state index is 0.0638. The van der Waals surface area contributed by atoms with E-state index in [0.717, 1.165) is 25.4 Å². The van der Waals surface area contributed by atoms with Gasteiger partial charge in [-0.2, -0.15) is 0 Å². The molecule has 4 saturated carbocycles. The van der Waals surface area contributed by atoms with Gasteiger partial charge in [0.1, 0.15) is 0 Å². The second-order valence-electron chi connectivity index (χ2n) is 10.9. The highest BCUT2D eigenvalue weighted by molar-refractivity contribution is 5.79. The molecule has 6 atom stereocenters. The fourth-order valence-corrected chi connectivity index (χ4v) is 8.33. The third kappa shape index (κ3) is 2.82. The first kappa shape index (κ1) is 18.4. The summed E-state index contributed by atoms with van der Waals surface area (Å²) < 4.78 is 0. The quantitative estimate of drug-likeness (QED) is 0.853. The molecule has 1 aromatic carbocycles. The lowest BCUT2D eigenvalue weighted by Gasteiger charge is -2.44. The van der Waals surface area contributed by atoms with Crippen molar-refractivity contribution in [3.05, 3.63) is 35.9 Å². The molecular formula is C25H35N3O. The average Bonchev–Trinajstić information content (AvgIpc) is 3.34. The molecule has 29 heavy (non-hydrogen) atoms. The molecule has 4 bridgehead atoms. The van der Waals surface area contributed by atoms with Crippen molar-refractivity contribution in [1.82, 2.24) is 15.1 Å². The molecule has 0 aromatic heterocycles. The standard InChI is InChI=1S/C25H35N3O/c1-18-22-8-5-9-27(22)10-11-28(18)16-23(29)26-25-14-19-12-21(25)15-24(13-19,17-25)20-6-3-2-4-7-20/h2-4,6-7,18-19,21-22H,5,8-17H2,1H3,(H,26,29). The molecule has 6 unspecified atom stereocenters. The second-order valence-corrected chi connectivity index (χ2v) is 10.9. The lowest BCUT2D eigenvalue weighted by atomic mass is 9.65. The molecule has 4 nitrogen and oxygen atoms in total. The van der Waals surface area contributed by atoms with Gasteiger partial charge in [0.25, 0.3) is 0 Å². The van der Waals surface area contributed by atoms with Crippen LogP contribution in [0, 0.1) is 11.8 Å². The van der Waals surface area contributed by atoms with Crippen LogP contribution in [-0.4, -0.2) is 59.5 Å². The van der Waals surface area contributed by atoms with Gasteiger partial charge in [-0.15, -0.1) is 0 Å². The summed E-state index contributed by atoms with van der Waals surface area (Å²) in [5.41, 5.74) is 1.88. The maximum absolute atomic E-state index is 13.2. The van der Waals surface area contributed by atoms with Crippen molar-refractivity contribution in [3.63, 3.8) is 0 Å². The Labute approximate surface area is 175 Å². The predicted molar refractivity (Wildman–Crippen MR) is 115 cm³/mol. The highest BCUT2D eigenvalue weighted by atomic mass is 16.2. The Bertz CT molecular complexity index is 797. The molecule has 1 N–H and O–H groups in total. The first-order valence-electron chi connectivity index (χ1n) is 11.9. The van der Waals surface area contributed by atoms with Crippen LogP contribution in [0.5, 0.6) is 0 Å². The topological polar surface area (TPSA) is 35.6 Å². The predicted octanol–water partition coefficient (Wildman–Crippen LogP) is 3.17. The number of nitrogens with zero attached hydrogens (tertiary/aromatic N) is 2. The fourth-order valence-electron chi connectivity index (χ4n) is 8.33. The van der Waals surface area contributed by atoms with E-state index in [1.54, 1.807) is 0 Å². The number of hydrogen-bond donors (Lipinski definition) is 1. The van der Waals surface area contributed by atoms with E-state index in [9.17, 15) is 4.79 Å². The molecule has 0 spiro atoms. The Morgan fingerprint density at radius 3 is 2.86 bits per heavy atom. The van der Waals surface area contributed by atoms with Crippen LogP contribution >= 0.6 is 0 Å². The maximum Gasteiger partial charge on any atom is 0.234 e. The smallest absolute Gasteiger partial charge is 0.234 e. The van der Waals surface area contributed by atoms with Crippen LogP contribution in [0.1, 0.15) is 57.4 Å². The molecule has 4 heteroatoms. The highest BCUT2D eigenvalue weighted by Crippen LogP contribution is 2.66. The maximum atomic E-state index is 13.2. The Morgan fingerprint density at radius 2 is 2.00 bits per heavy atom. The summed E-state index contributed by atoms with van der Waals surface area (Å²) in [6.45, 7) is 6.35. The van der Waals surface area contributed by atoms with Crippen molar-refractivity contribution >= 4 is 5.91 Å². The molecule has 2 saturated heterocycles. The van der Waals surface area contributed by atoms with Crippen LogP contribution in [0.2, 0.25) is 0 Å². The molecule has 7 rings (SSSR count). The van der Waals surface area contributed by atoms with Gasteiger partial charge in [-0.1, -0.05) is 30.3 Å². The van der Waals surface area contributed by atoms with Gasteiger partial charge < -0.3 is 5.32 Å². The summed E-state index contributed by atoms with van der Waals surface area (Å²) in [7, 11) is 0. The molecule has 6 aliphatic rings. The Hall–Kier alpha value is -1.39. The van der Waals surface area contributed by atoms with Gasteiger partial charge >= 0.3 is 0 Å². The molecule has 2 heterocycles. The number of nitrogens with one attached hydrogen (secondary N) is 1. The van der Waals surface area contributed by atoms with E-state index in [4.69, 9.17) is 0 Å². The van der Waals surface area contributed by atoms with Gasteiger partial charge in [0, 0.05) is 30.7 Å². The second kappa shape index (κ2) is 6.55. The number of amides is 1. The Morgan fingerprint density at radius 1 is 1.14 bits per heavy atom. The number of hydrogen-bond acceptors (Lipinski definition) is 3. The monoisotopic (exact) mass is 393 g/mol. The molecule has 2 aliphatic heterocycles. The van der Waals surface area contributed by atoms with Crippen LogP contribution in [-0.2, 0) is 10.2 Å². The summed E-state index contributed by atoms with van der Waals surface area (Å²) in [5, 5.41) is 3.64. The SMILES string of the molecule is CC1C2CCCN2CCN1CC(=O)NC12CC3CC1CC(c1ccccc1)(C3)C2. The largest absolute Gasteiger partial charge is 0.349 e. The van der Waals surface area contributed by atoms with E-state index in [1.165, 1.54) is 50.6 Å². The van der Waals surface area contributed by atoms with Crippen molar-refractivity contribution in [2.75, 3.05) is 26.2 Å². The van der Waals surface area contributed by atoms with Crippen LogP contribution in [0.25, 0.3) is 0 Å². The van der Waals surface area contributed by atoms with E-state index in [-0.39, 0.29) is 11.4 Å². The van der Waals surface area contributed by atoms with E-state index in [1.807, 2.05) is 0 Å². The van der Waals surface area contributed by atoms with E-state index >= 15 is 0 Å². The van der Waals surface area contributed by atoms with Gasteiger partial charge in [0.2, 0.25) is 5.91 Å². The van der Waals surface area contributed by atoms with Crippen molar-refractivity contribution in [1.29, 1.82) is 0 Å². The molecule has 0 radical (unpaired) electrons. The zero-order valence-corrected chi connectivity index (χ0v) is 17.8. The molecule has 1 amide bonds. The van der Waals surface area contributed by atoms with Crippen LogP contribution < -0.4 is 5.32 Å². The summed E-state index contributed by atoms with van der Waals surface area (Å²) in [6, 6.07) is 12.3. The minimum Gasteiger partial charge on any atom is -0.349 e. The zero-order valence-electron chi connectivity index (χ0n) is 17.8. The van der Waals surface area contributed by atoms with Gasteiger partial charge in [-0.3, -0.25) is 14.6 Å². The molecule has 4 aliphatic carbocycles. The van der Waals surface area contributed by atoms with Crippen molar-refractivity contribution < 1.29 is 4.79 Å². The summed E-state index contributed by atoms with van der Waals surface area (Å²) in [5.74, 6) is 1.75. The number of carbonyl (C=O) groups excluding carboxylic acids is 1. The number of fused-ring (bicyclic) bond motifs is 1. The van der Waals surface area contributed by atoms with Crippen LogP contribution in [0.4, 0.5) is 0 Å². The molecule has 156 valence electrons. The number of carbonyl (C=O) groups is 1. The van der Waals surface area contributed by atoms with Crippen LogP contribution in [0.15, 0.2) is 30.3 Å². The van der Waals surface area contributed by atoms with Crippen molar-refractivity contribution in [2.24, 2.45) is 11.8 Å². The van der Waals surface area contributed by atoms with E-state index < -0.39 is 0 Å². The van der Waals surface area contributed by atoms with Gasteiger partial charge in [-0.05, 0) is 81.2 Å². The third-order valence-electron chi connectivity index (χ3n) is 9.37. The molecule has 1 aromatic rings. The highest BCUT2D eigenvalue weighted by Gasteiger charge is 2.64. The van der Waals surface area contributed by atoms with Crippen LogP contribution in [0.3, 0.4) is 0 Å². The summed E-state index contributed by atoms with van der Waals surface area (Å²) in [4.78, 5) is 18.3. The normalized spacial score (nSPS) is 43.6. The van der Waals surface area contributed by atoms with Gasteiger partial charge in [-0.25, -0.2) is 0 Å². The lowest BCUT2D eigenvalue weighted by Crippen LogP contribution is -2.59. The molecular weight excluding hydrogens is 358 g/mol. The Kier molecular flexibility index (Phi) is 4.15. The Balaban J connectivity index is 1.17. The minimum absolute atomic E-state index is 0.0638. The van der Waals surface area contributed by atoms with Gasteiger partial charge in [0.05, 0.1) is 6.54 Å². The summed E-state index contributed by atoms with van der Waals surface area (Å²) >= 11 is 0. The van der Waals surface area contributed by atoms with Crippen molar-refractivity contribution in [3.8, 4) is 0 Å². The zero-order chi connectivity index (χ0) is 19.6. The number of rotatable bonds is 4. The fraction of sp³-hybridized carbons (Fsp3) is 0.720. The third-order valence-corrected chi connectivity index (χ3v) is 9.37. The van der Waals surface area contributed by atoms with E-state index in [0.29, 0.717) is 30.0 Å². The molecule has 6 fully saturated rings. The van der Waals surface area contributed by atoms with E-state index in [2.05, 4.69) is 52.4 Å².